The number of fused-ring (bicyclic) bond motifs is 1. The maximum absolute atomic E-state index is 13.0. The minimum atomic E-state index is -0.0791. The van der Waals surface area contributed by atoms with Crippen LogP contribution in [0.2, 0.25) is 0 Å². The first-order valence-electron chi connectivity index (χ1n) is 9.23. The van der Waals surface area contributed by atoms with Gasteiger partial charge in [0.2, 0.25) is 5.91 Å². The van der Waals surface area contributed by atoms with Crippen LogP contribution in [0.25, 0.3) is 21.3 Å². The molecule has 7 heteroatoms. The number of thiophene rings is 1. The summed E-state index contributed by atoms with van der Waals surface area (Å²) in [7, 11) is 1.71. The lowest BCUT2D eigenvalue weighted by Crippen LogP contribution is -2.29. The van der Waals surface area contributed by atoms with Crippen molar-refractivity contribution in [3.05, 3.63) is 45.1 Å². The molecule has 0 saturated carbocycles. The van der Waals surface area contributed by atoms with Gasteiger partial charge in [-0.1, -0.05) is 43.8 Å². The second-order valence-electron chi connectivity index (χ2n) is 7.37. The van der Waals surface area contributed by atoms with Crippen molar-refractivity contribution in [2.45, 2.75) is 32.9 Å². The third kappa shape index (κ3) is 4.31. The largest absolute Gasteiger partial charge is 0.355 e. The maximum Gasteiger partial charge on any atom is 0.263 e. The number of benzene rings is 1. The molecule has 0 saturated heterocycles. The van der Waals surface area contributed by atoms with E-state index in [9.17, 15) is 9.59 Å². The summed E-state index contributed by atoms with van der Waals surface area (Å²) in [6.07, 6.45) is 0. The molecule has 0 unspecified atom stereocenters. The lowest BCUT2D eigenvalue weighted by molar-refractivity contribution is -0.118. The molecule has 2 aromatic heterocycles. The standard InChI is InChI=1S/C21H25N3O2S2/c1-12(2)9-22-17(25)11-28-21-23-19-18(20(26)24(21)5)16(10-27-19)15-7-6-13(3)14(4)8-15/h6-8,10,12H,9,11H2,1-5H3,(H,22,25). The van der Waals surface area contributed by atoms with E-state index in [1.165, 1.54) is 34.2 Å². The van der Waals surface area contributed by atoms with Crippen molar-refractivity contribution in [3.63, 3.8) is 0 Å². The Morgan fingerprint density at radius 3 is 2.71 bits per heavy atom. The van der Waals surface area contributed by atoms with E-state index in [4.69, 9.17) is 0 Å². The number of aryl methyl sites for hydroxylation is 2. The first-order valence-corrected chi connectivity index (χ1v) is 11.1. The van der Waals surface area contributed by atoms with Crippen LogP contribution in [0.5, 0.6) is 0 Å². The van der Waals surface area contributed by atoms with Gasteiger partial charge in [0, 0.05) is 24.5 Å². The average molecular weight is 416 g/mol. The van der Waals surface area contributed by atoms with Gasteiger partial charge in [-0.05, 0) is 36.5 Å². The number of rotatable bonds is 6. The molecule has 0 aliphatic rings. The molecule has 0 aliphatic carbocycles. The van der Waals surface area contributed by atoms with Crippen LogP contribution in [0.15, 0.2) is 33.5 Å². The number of nitrogens with one attached hydrogen (secondary N) is 1. The highest BCUT2D eigenvalue weighted by atomic mass is 32.2. The molecule has 5 nitrogen and oxygen atoms in total. The number of hydrogen-bond acceptors (Lipinski definition) is 5. The molecule has 148 valence electrons. The van der Waals surface area contributed by atoms with E-state index in [1.54, 1.807) is 11.6 Å². The SMILES string of the molecule is Cc1ccc(-c2csc3nc(SCC(=O)NCC(C)C)n(C)c(=O)c23)cc1C. The number of carbonyl (C=O) groups excluding carboxylic acids is 1. The molecule has 3 rings (SSSR count). The Hall–Kier alpha value is -2.12. The quantitative estimate of drug-likeness (QED) is 0.485. The van der Waals surface area contributed by atoms with Crippen LogP contribution in [0.1, 0.15) is 25.0 Å². The fraction of sp³-hybridized carbons (Fsp3) is 0.381. The van der Waals surface area contributed by atoms with Crippen LogP contribution in [-0.4, -0.2) is 27.8 Å². The Balaban J connectivity index is 1.91. The Morgan fingerprint density at radius 1 is 1.29 bits per heavy atom. The predicted molar refractivity (Wildman–Crippen MR) is 118 cm³/mol. The molecule has 0 spiro atoms. The molecule has 3 aromatic rings. The van der Waals surface area contributed by atoms with Gasteiger partial charge >= 0.3 is 0 Å². The monoisotopic (exact) mass is 415 g/mol. The van der Waals surface area contributed by atoms with E-state index < -0.39 is 0 Å². The smallest absolute Gasteiger partial charge is 0.263 e. The molecule has 28 heavy (non-hydrogen) atoms. The fourth-order valence-corrected chi connectivity index (χ4v) is 4.59. The van der Waals surface area contributed by atoms with Crippen molar-refractivity contribution in [1.29, 1.82) is 0 Å². The zero-order valence-electron chi connectivity index (χ0n) is 16.8. The van der Waals surface area contributed by atoms with Crippen molar-refractivity contribution in [1.82, 2.24) is 14.9 Å². The van der Waals surface area contributed by atoms with Gasteiger partial charge in [0.05, 0.1) is 11.1 Å². The number of thioether (sulfide) groups is 1. The first kappa shape index (κ1) is 20.6. The predicted octanol–water partition coefficient (Wildman–Crippen LogP) is 4.14. The minimum Gasteiger partial charge on any atom is -0.355 e. The van der Waals surface area contributed by atoms with E-state index in [1.807, 2.05) is 11.4 Å². The molecule has 0 atom stereocenters. The van der Waals surface area contributed by atoms with Crippen molar-refractivity contribution < 1.29 is 4.79 Å². The fourth-order valence-electron chi connectivity index (χ4n) is 2.80. The van der Waals surface area contributed by atoms with Gasteiger partial charge in [-0.15, -0.1) is 11.3 Å². The highest BCUT2D eigenvalue weighted by molar-refractivity contribution is 7.99. The lowest BCUT2D eigenvalue weighted by atomic mass is 10.0. The minimum absolute atomic E-state index is 0.0463. The summed E-state index contributed by atoms with van der Waals surface area (Å²) in [6, 6.07) is 6.23. The van der Waals surface area contributed by atoms with Gasteiger partial charge in [-0.25, -0.2) is 4.98 Å². The van der Waals surface area contributed by atoms with Crippen LogP contribution >= 0.6 is 23.1 Å². The average Bonchev–Trinajstić information content (AvgIpc) is 3.08. The molecule has 0 radical (unpaired) electrons. The van der Waals surface area contributed by atoms with Crippen molar-refractivity contribution >= 4 is 39.2 Å². The van der Waals surface area contributed by atoms with E-state index >= 15 is 0 Å². The molecule has 1 aromatic carbocycles. The number of nitrogens with zero attached hydrogens (tertiary/aromatic N) is 2. The first-order chi connectivity index (χ1) is 13.3. The van der Waals surface area contributed by atoms with Gasteiger partial charge in [-0.3, -0.25) is 14.2 Å². The summed E-state index contributed by atoms with van der Waals surface area (Å²) >= 11 is 2.76. The second kappa shape index (κ2) is 8.49. The summed E-state index contributed by atoms with van der Waals surface area (Å²) < 4.78 is 1.54. The zero-order valence-corrected chi connectivity index (χ0v) is 18.5. The van der Waals surface area contributed by atoms with Crippen molar-refractivity contribution in [2.24, 2.45) is 13.0 Å². The molecule has 0 fully saturated rings. The molecule has 2 heterocycles. The maximum atomic E-state index is 13.0. The Labute approximate surface area is 173 Å². The topological polar surface area (TPSA) is 64.0 Å². The van der Waals surface area contributed by atoms with Crippen LogP contribution in [0.3, 0.4) is 0 Å². The summed E-state index contributed by atoms with van der Waals surface area (Å²) in [6.45, 7) is 8.90. The molecule has 1 amide bonds. The number of hydrogen-bond donors (Lipinski definition) is 1. The molecule has 0 aliphatic heterocycles. The highest BCUT2D eigenvalue weighted by Crippen LogP contribution is 2.32. The number of carbonyl (C=O) groups is 1. The second-order valence-corrected chi connectivity index (χ2v) is 9.17. The van der Waals surface area contributed by atoms with Crippen LogP contribution < -0.4 is 10.9 Å². The van der Waals surface area contributed by atoms with Gasteiger partial charge in [0.1, 0.15) is 4.83 Å². The van der Waals surface area contributed by atoms with Crippen LogP contribution in [0.4, 0.5) is 0 Å². The summed E-state index contributed by atoms with van der Waals surface area (Å²) in [5.74, 6) is 0.603. The summed E-state index contributed by atoms with van der Waals surface area (Å²) in [5.41, 5.74) is 4.29. The van der Waals surface area contributed by atoms with E-state index in [0.29, 0.717) is 27.8 Å². The number of amides is 1. The Kier molecular flexibility index (Phi) is 6.25. The third-order valence-electron chi connectivity index (χ3n) is 4.63. The molecular weight excluding hydrogens is 390 g/mol. The van der Waals surface area contributed by atoms with Gasteiger partial charge in [0.25, 0.3) is 5.56 Å². The highest BCUT2D eigenvalue weighted by Gasteiger charge is 2.17. The van der Waals surface area contributed by atoms with E-state index in [0.717, 1.165) is 11.1 Å². The molecule has 1 N–H and O–H groups in total. The molecular formula is C21H25N3O2S2. The Bertz CT molecular complexity index is 1080. The van der Waals surface area contributed by atoms with E-state index in [-0.39, 0.29) is 17.2 Å². The summed E-state index contributed by atoms with van der Waals surface area (Å²) in [5, 5.41) is 6.08. The van der Waals surface area contributed by atoms with Crippen LogP contribution in [-0.2, 0) is 11.8 Å². The normalized spacial score (nSPS) is 11.4. The van der Waals surface area contributed by atoms with Gasteiger partial charge in [-0.2, -0.15) is 0 Å². The summed E-state index contributed by atoms with van der Waals surface area (Å²) in [4.78, 5) is 30.4. The molecule has 0 bridgehead atoms. The zero-order chi connectivity index (χ0) is 20.4. The van der Waals surface area contributed by atoms with Gasteiger partial charge in [0.15, 0.2) is 5.16 Å². The van der Waals surface area contributed by atoms with Crippen molar-refractivity contribution in [3.8, 4) is 11.1 Å². The van der Waals surface area contributed by atoms with Gasteiger partial charge < -0.3 is 5.32 Å². The van der Waals surface area contributed by atoms with Crippen LogP contribution in [0, 0.1) is 19.8 Å². The van der Waals surface area contributed by atoms with E-state index in [2.05, 4.69) is 50.1 Å². The number of aromatic nitrogens is 2. The lowest BCUT2D eigenvalue weighted by Gasteiger charge is -2.10. The third-order valence-corrected chi connectivity index (χ3v) is 6.53. The van der Waals surface area contributed by atoms with Crippen molar-refractivity contribution in [2.75, 3.05) is 12.3 Å². The Morgan fingerprint density at radius 2 is 2.04 bits per heavy atom.